The molecule has 1 amide bonds. The molecule has 1 saturated heterocycles. The molecule has 5 rings (SSSR count). The number of anilines is 1. The number of amides is 1. The molecule has 1 atom stereocenters. The second-order valence-electron chi connectivity index (χ2n) is 10.4. The molecule has 3 aromatic rings. The van der Waals surface area contributed by atoms with E-state index in [9.17, 15) is 9.18 Å². The molecule has 0 bridgehead atoms. The molecular weight excluding hydrogens is 501 g/mol. The third-order valence-corrected chi connectivity index (χ3v) is 7.83. The largest absolute Gasteiger partial charge is 0.444 e. The number of carbonyl (C=O) groups excluding carboxylic acids is 1. The maximum absolute atomic E-state index is 14.2. The fourth-order valence-electron chi connectivity index (χ4n) is 5.37. The van der Waals surface area contributed by atoms with Gasteiger partial charge in [0.15, 0.2) is 5.82 Å². The number of aromatic nitrogens is 3. The molecular formula is C25H29BrFN5O2. The third-order valence-electron chi connectivity index (χ3n) is 6.92. The first kappa shape index (κ1) is 23.1. The van der Waals surface area contributed by atoms with Gasteiger partial charge in [-0.15, -0.1) is 0 Å². The number of nitrogens with one attached hydrogen (secondary N) is 1. The number of nitrogens with zero attached hydrogens (tertiary/aromatic N) is 4. The van der Waals surface area contributed by atoms with Crippen molar-refractivity contribution in [2.45, 2.75) is 58.6 Å². The SMILES string of the molecule is Cc1nc(N2CCC3(CC2)Cc2ccc(F)cc2[C@H]3NC(=O)OC(C)(C)C)c2ccnn2c1Br. The lowest BCUT2D eigenvalue weighted by molar-refractivity contribution is 0.0428. The Balaban J connectivity index is 1.43. The van der Waals surface area contributed by atoms with Gasteiger partial charge in [0.25, 0.3) is 0 Å². The summed E-state index contributed by atoms with van der Waals surface area (Å²) in [6.45, 7) is 9.04. The number of benzene rings is 1. The first-order chi connectivity index (χ1) is 16.1. The van der Waals surface area contributed by atoms with E-state index in [1.165, 1.54) is 6.07 Å². The van der Waals surface area contributed by atoms with E-state index in [0.717, 1.165) is 65.1 Å². The number of alkyl carbamates (subject to hydrolysis) is 1. The number of halogens is 2. The molecule has 34 heavy (non-hydrogen) atoms. The fraction of sp³-hybridized carbons (Fsp3) is 0.480. The summed E-state index contributed by atoms with van der Waals surface area (Å²) >= 11 is 3.58. The Labute approximate surface area is 206 Å². The first-order valence-corrected chi connectivity index (χ1v) is 12.4. The monoisotopic (exact) mass is 529 g/mol. The van der Waals surface area contributed by atoms with Crippen LogP contribution in [-0.2, 0) is 11.2 Å². The van der Waals surface area contributed by atoms with Gasteiger partial charge in [0.2, 0.25) is 0 Å². The summed E-state index contributed by atoms with van der Waals surface area (Å²) < 4.78 is 22.5. The highest BCUT2D eigenvalue weighted by atomic mass is 79.9. The summed E-state index contributed by atoms with van der Waals surface area (Å²) in [6.07, 6.45) is 3.77. The van der Waals surface area contributed by atoms with Crippen LogP contribution >= 0.6 is 15.9 Å². The normalized spacial score (nSPS) is 19.5. The number of fused-ring (bicyclic) bond motifs is 2. The van der Waals surface area contributed by atoms with Gasteiger partial charge >= 0.3 is 6.09 Å². The smallest absolute Gasteiger partial charge is 0.408 e. The van der Waals surface area contributed by atoms with Crippen LogP contribution < -0.4 is 10.2 Å². The molecule has 0 radical (unpaired) electrons. The topological polar surface area (TPSA) is 71.8 Å². The van der Waals surface area contributed by atoms with Gasteiger partial charge in [-0.1, -0.05) is 6.07 Å². The molecule has 1 fully saturated rings. The zero-order chi connectivity index (χ0) is 24.3. The van der Waals surface area contributed by atoms with Crippen LogP contribution in [0.25, 0.3) is 5.52 Å². The van der Waals surface area contributed by atoms with E-state index < -0.39 is 11.7 Å². The molecule has 9 heteroatoms. The number of rotatable bonds is 2. The molecule has 1 spiro atoms. The van der Waals surface area contributed by atoms with Crippen LogP contribution in [0.5, 0.6) is 0 Å². The van der Waals surface area contributed by atoms with Crippen molar-refractivity contribution >= 4 is 33.4 Å². The number of piperidine rings is 1. The molecule has 7 nitrogen and oxygen atoms in total. The molecule has 1 aliphatic carbocycles. The molecule has 3 heterocycles. The van der Waals surface area contributed by atoms with Crippen molar-refractivity contribution in [3.63, 3.8) is 0 Å². The lowest BCUT2D eigenvalue weighted by Crippen LogP contribution is -2.48. The van der Waals surface area contributed by atoms with Crippen LogP contribution in [0.2, 0.25) is 0 Å². The summed E-state index contributed by atoms with van der Waals surface area (Å²) in [4.78, 5) is 19.9. The summed E-state index contributed by atoms with van der Waals surface area (Å²) in [5.41, 5.74) is 2.96. The molecule has 180 valence electrons. The number of carbonyl (C=O) groups is 1. The molecule has 1 aromatic carbocycles. The summed E-state index contributed by atoms with van der Waals surface area (Å²) in [7, 11) is 0. The van der Waals surface area contributed by atoms with Gasteiger partial charge in [0.1, 0.15) is 21.5 Å². The Morgan fingerprint density at radius 2 is 2.00 bits per heavy atom. The summed E-state index contributed by atoms with van der Waals surface area (Å²) in [5, 5.41) is 7.51. The minimum Gasteiger partial charge on any atom is -0.444 e. The van der Waals surface area contributed by atoms with E-state index >= 15 is 0 Å². The Kier molecular flexibility index (Phi) is 5.58. The molecule has 1 aliphatic heterocycles. The van der Waals surface area contributed by atoms with Crippen molar-refractivity contribution in [2.75, 3.05) is 18.0 Å². The standard InChI is InChI=1S/C25H29BrFN5O2/c1-15-21(26)32-19(7-10-28-32)22(29-15)31-11-8-25(9-12-31)14-16-5-6-17(27)13-18(16)20(25)30-23(33)34-24(2,3)4/h5-7,10,13,20H,8-9,11-12,14H2,1-4H3,(H,30,33)/t20-/m1/s1. The second-order valence-corrected chi connectivity index (χ2v) is 11.1. The van der Waals surface area contributed by atoms with Crippen molar-refractivity contribution in [2.24, 2.45) is 5.41 Å². The zero-order valence-corrected chi connectivity index (χ0v) is 21.4. The average Bonchev–Trinajstić information content (AvgIpc) is 3.35. The zero-order valence-electron chi connectivity index (χ0n) is 19.9. The van der Waals surface area contributed by atoms with E-state index in [-0.39, 0.29) is 17.3 Å². The molecule has 1 N–H and O–H groups in total. The first-order valence-electron chi connectivity index (χ1n) is 11.6. The molecule has 0 saturated carbocycles. The minimum atomic E-state index is -0.605. The maximum Gasteiger partial charge on any atom is 0.408 e. The van der Waals surface area contributed by atoms with Crippen molar-refractivity contribution in [1.29, 1.82) is 0 Å². The Bertz CT molecular complexity index is 1260. The molecule has 2 aromatic heterocycles. The highest BCUT2D eigenvalue weighted by Crippen LogP contribution is 2.52. The Morgan fingerprint density at radius 1 is 1.26 bits per heavy atom. The number of ether oxygens (including phenoxy) is 1. The maximum atomic E-state index is 14.2. The van der Waals surface area contributed by atoms with Gasteiger partial charge in [-0.25, -0.2) is 18.7 Å². The quantitative estimate of drug-likeness (QED) is 0.484. The van der Waals surface area contributed by atoms with Gasteiger partial charge in [-0.2, -0.15) is 5.10 Å². The van der Waals surface area contributed by atoms with E-state index in [1.54, 1.807) is 12.3 Å². The predicted molar refractivity (Wildman–Crippen MR) is 132 cm³/mol. The molecule has 2 aliphatic rings. The van der Waals surface area contributed by atoms with Crippen molar-refractivity contribution in [3.05, 3.63) is 57.7 Å². The van der Waals surface area contributed by atoms with Gasteiger partial charge in [-0.05, 0) is 92.2 Å². The van der Waals surface area contributed by atoms with Crippen LogP contribution in [0.1, 0.15) is 56.5 Å². The van der Waals surface area contributed by atoms with Gasteiger partial charge in [0.05, 0.1) is 17.9 Å². The number of aryl methyl sites for hydroxylation is 1. The van der Waals surface area contributed by atoms with Crippen LogP contribution in [0.15, 0.2) is 35.1 Å². The summed E-state index contributed by atoms with van der Waals surface area (Å²) in [5.74, 6) is 0.619. The second kappa shape index (κ2) is 8.22. The van der Waals surface area contributed by atoms with Crippen LogP contribution in [-0.4, -0.2) is 39.4 Å². The van der Waals surface area contributed by atoms with Gasteiger partial charge < -0.3 is 15.0 Å². The highest BCUT2D eigenvalue weighted by molar-refractivity contribution is 9.10. The van der Waals surface area contributed by atoms with E-state index in [4.69, 9.17) is 9.72 Å². The highest BCUT2D eigenvalue weighted by Gasteiger charge is 2.49. The van der Waals surface area contributed by atoms with Crippen molar-refractivity contribution in [3.8, 4) is 0 Å². The lowest BCUT2D eigenvalue weighted by Gasteiger charge is -2.44. The van der Waals surface area contributed by atoms with E-state index in [2.05, 4.69) is 31.2 Å². The van der Waals surface area contributed by atoms with Crippen molar-refractivity contribution in [1.82, 2.24) is 19.9 Å². The van der Waals surface area contributed by atoms with Gasteiger partial charge in [0, 0.05) is 18.5 Å². The Morgan fingerprint density at radius 3 is 2.71 bits per heavy atom. The number of hydrogen-bond acceptors (Lipinski definition) is 5. The Hall–Kier alpha value is -2.68. The van der Waals surface area contributed by atoms with E-state index in [1.807, 2.05) is 44.3 Å². The summed E-state index contributed by atoms with van der Waals surface area (Å²) in [6, 6.07) is 6.59. The molecule has 0 unspecified atom stereocenters. The van der Waals surface area contributed by atoms with Crippen LogP contribution in [0.4, 0.5) is 15.0 Å². The lowest BCUT2D eigenvalue weighted by atomic mass is 9.72. The number of hydrogen-bond donors (Lipinski definition) is 1. The third kappa shape index (κ3) is 4.04. The van der Waals surface area contributed by atoms with E-state index in [0.29, 0.717) is 0 Å². The average molecular weight is 530 g/mol. The van der Waals surface area contributed by atoms with Crippen LogP contribution in [0.3, 0.4) is 0 Å². The minimum absolute atomic E-state index is 0.204. The van der Waals surface area contributed by atoms with Gasteiger partial charge in [-0.3, -0.25) is 0 Å². The van der Waals surface area contributed by atoms with Crippen LogP contribution in [0, 0.1) is 18.2 Å². The predicted octanol–water partition coefficient (Wildman–Crippen LogP) is 5.35. The van der Waals surface area contributed by atoms with Crippen molar-refractivity contribution < 1.29 is 13.9 Å². The fourth-order valence-corrected chi connectivity index (χ4v) is 5.74.